The number of hydrogen-bond donors (Lipinski definition) is 0. The summed E-state index contributed by atoms with van der Waals surface area (Å²) in [6, 6.07) is 6.36. The zero-order valence-corrected chi connectivity index (χ0v) is 10.4. The van der Waals surface area contributed by atoms with Gasteiger partial charge < -0.3 is 4.74 Å². The number of rotatable bonds is 5. The van der Waals surface area contributed by atoms with E-state index in [-0.39, 0.29) is 22.3 Å². The van der Waals surface area contributed by atoms with Crippen molar-refractivity contribution in [2.24, 2.45) is 5.92 Å². The van der Waals surface area contributed by atoms with Crippen LogP contribution in [0.25, 0.3) is 0 Å². The van der Waals surface area contributed by atoms with Crippen molar-refractivity contribution in [1.82, 2.24) is 0 Å². The Hall–Kier alpha value is -1.36. The van der Waals surface area contributed by atoms with Crippen molar-refractivity contribution < 1.29 is 17.9 Å². The zero-order chi connectivity index (χ0) is 12.5. The second-order valence-corrected chi connectivity index (χ2v) is 6.11. The third-order valence-electron chi connectivity index (χ3n) is 2.77. The van der Waals surface area contributed by atoms with Crippen molar-refractivity contribution >= 4 is 15.6 Å². The molecule has 92 valence electrons. The first kappa shape index (κ1) is 12.1. The molecule has 2 rings (SSSR count). The lowest BCUT2D eigenvalue weighted by Crippen LogP contribution is -2.18. The van der Waals surface area contributed by atoms with Crippen LogP contribution in [0.1, 0.15) is 12.8 Å². The molecular formula is C12H14O4S. The molecule has 0 radical (unpaired) electrons. The highest BCUT2D eigenvalue weighted by Crippen LogP contribution is 2.32. The van der Waals surface area contributed by atoms with Crippen molar-refractivity contribution in [1.29, 1.82) is 0 Å². The van der Waals surface area contributed by atoms with E-state index >= 15 is 0 Å². The third kappa shape index (κ3) is 2.66. The van der Waals surface area contributed by atoms with Crippen LogP contribution >= 0.6 is 0 Å². The molecule has 0 N–H and O–H groups in total. The van der Waals surface area contributed by atoms with Gasteiger partial charge in [0.15, 0.2) is 15.6 Å². The Labute approximate surface area is 101 Å². The number of carbonyl (C=O) groups excluding carboxylic acids is 1. The van der Waals surface area contributed by atoms with Crippen molar-refractivity contribution in [3.05, 3.63) is 24.3 Å². The van der Waals surface area contributed by atoms with Gasteiger partial charge in [-0.1, -0.05) is 12.1 Å². The summed E-state index contributed by atoms with van der Waals surface area (Å²) in [7, 11) is -2.17. The van der Waals surface area contributed by atoms with Gasteiger partial charge in [0.25, 0.3) is 0 Å². The van der Waals surface area contributed by atoms with E-state index < -0.39 is 15.6 Å². The lowest BCUT2D eigenvalue weighted by atomic mass is 10.3. The van der Waals surface area contributed by atoms with Gasteiger partial charge in [-0.2, -0.15) is 0 Å². The molecule has 1 saturated carbocycles. The number of benzene rings is 1. The van der Waals surface area contributed by atoms with Gasteiger partial charge in [-0.15, -0.1) is 0 Å². The van der Waals surface area contributed by atoms with Crippen molar-refractivity contribution in [3.8, 4) is 5.75 Å². The van der Waals surface area contributed by atoms with Gasteiger partial charge in [0, 0.05) is 5.92 Å². The molecule has 1 aliphatic rings. The van der Waals surface area contributed by atoms with E-state index in [1.54, 1.807) is 18.2 Å². The van der Waals surface area contributed by atoms with Crippen molar-refractivity contribution in [2.45, 2.75) is 17.7 Å². The van der Waals surface area contributed by atoms with Gasteiger partial charge in [0.05, 0.1) is 7.11 Å². The summed E-state index contributed by atoms with van der Waals surface area (Å²) in [6.07, 6.45) is 1.64. The molecule has 0 heterocycles. The molecule has 0 atom stereocenters. The molecule has 4 nitrogen and oxygen atoms in total. The van der Waals surface area contributed by atoms with Crippen LogP contribution in [0.2, 0.25) is 0 Å². The number of methoxy groups -OCH3 is 1. The number of para-hydroxylation sites is 1. The number of sulfone groups is 1. The van der Waals surface area contributed by atoms with Crippen LogP contribution in [0.4, 0.5) is 0 Å². The lowest BCUT2D eigenvalue weighted by molar-refractivity contribution is -0.117. The normalized spacial score (nSPS) is 15.6. The number of ketones is 1. The number of Topliss-reactive ketones (excluding diaryl/α,β-unsaturated/α-hetero) is 1. The average molecular weight is 254 g/mol. The van der Waals surface area contributed by atoms with Gasteiger partial charge >= 0.3 is 0 Å². The van der Waals surface area contributed by atoms with E-state index in [1.165, 1.54) is 13.2 Å². The van der Waals surface area contributed by atoms with E-state index in [1.807, 2.05) is 0 Å². The van der Waals surface area contributed by atoms with Crippen LogP contribution in [-0.2, 0) is 14.6 Å². The molecule has 1 aliphatic carbocycles. The van der Waals surface area contributed by atoms with E-state index in [9.17, 15) is 13.2 Å². The topological polar surface area (TPSA) is 60.4 Å². The van der Waals surface area contributed by atoms with Crippen LogP contribution in [0, 0.1) is 5.92 Å². The van der Waals surface area contributed by atoms with Gasteiger partial charge in [0.2, 0.25) is 0 Å². The molecule has 5 heteroatoms. The molecule has 0 aromatic heterocycles. The number of carbonyl (C=O) groups is 1. The lowest BCUT2D eigenvalue weighted by Gasteiger charge is -2.08. The largest absolute Gasteiger partial charge is 0.495 e. The van der Waals surface area contributed by atoms with Crippen LogP contribution in [0.3, 0.4) is 0 Å². The first-order valence-electron chi connectivity index (χ1n) is 5.43. The maximum absolute atomic E-state index is 12.1. The first-order valence-corrected chi connectivity index (χ1v) is 7.08. The Morgan fingerprint density at radius 3 is 2.59 bits per heavy atom. The minimum Gasteiger partial charge on any atom is -0.495 e. The molecule has 0 unspecified atom stereocenters. The standard InChI is InChI=1S/C12H14O4S/c1-16-11-4-2-3-5-12(11)17(14,15)8-10(13)9-6-7-9/h2-5,9H,6-8H2,1H3. The molecule has 0 bridgehead atoms. The van der Waals surface area contributed by atoms with Gasteiger partial charge in [0.1, 0.15) is 16.4 Å². The van der Waals surface area contributed by atoms with Gasteiger partial charge in [-0.25, -0.2) is 8.42 Å². The predicted molar refractivity (Wildman–Crippen MR) is 62.8 cm³/mol. The van der Waals surface area contributed by atoms with Crippen LogP contribution in [0.5, 0.6) is 5.75 Å². The predicted octanol–water partition coefficient (Wildman–Crippen LogP) is 1.45. The summed E-state index contributed by atoms with van der Waals surface area (Å²) < 4.78 is 29.1. The molecule has 0 amide bonds. The Bertz CT molecular complexity index is 529. The summed E-state index contributed by atoms with van der Waals surface area (Å²) in [6.45, 7) is 0. The highest BCUT2D eigenvalue weighted by molar-refractivity contribution is 7.92. The minimum absolute atomic E-state index is 0.0421. The molecule has 0 aliphatic heterocycles. The Balaban J connectivity index is 2.27. The first-order chi connectivity index (χ1) is 8.04. The third-order valence-corrected chi connectivity index (χ3v) is 4.44. The summed E-state index contributed by atoms with van der Waals surface area (Å²) >= 11 is 0. The molecule has 1 aromatic rings. The van der Waals surface area contributed by atoms with Crippen molar-refractivity contribution in [2.75, 3.05) is 12.9 Å². The quantitative estimate of drug-likeness (QED) is 0.798. The molecular weight excluding hydrogens is 240 g/mol. The average Bonchev–Trinajstić information content (AvgIpc) is 3.12. The fourth-order valence-corrected chi connectivity index (χ4v) is 3.17. The van der Waals surface area contributed by atoms with Crippen LogP contribution < -0.4 is 4.74 Å². The van der Waals surface area contributed by atoms with E-state index in [0.717, 1.165) is 12.8 Å². The molecule has 17 heavy (non-hydrogen) atoms. The Morgan fingerprint density at radius 2 is 2.00 bits per heavy atom. The monoisotopic (exact) mass is 254 g/mol. The van der Waals surface area contributed by atoms with Crippen LogP contribution in [0.15, 0.2) is 29.2 Å². The number of hydrogen-bond acceptors (Lipinski definition) is 4. The minimum atomic E-state index is -3.58. The Kier molecular flexibility index (Phi) is 3.19. The zero-order valence-electron chi connectivity index (χ0n) is 9.55. The summed E-state index contributed by atoms with van der Waals surface area (Å²) in [4.78, 5) is 11.7. The fraction of sp³-hybridized carbons (Fsp3) is 0.417. The summed E-state index contributed by atoms with van der Waals surface area (Å²) in [5.41, 5.74) is 0. The van der Waals surface area contributed by atoms with E-state index in [0.29, 0.717) is 0 Å². The highest BCUT2D eigenvalue weighted by Gasteiger charge is 2.33. The second kappa shape index (κ2) is 4.49. The molecule has 1 fully saturated rings. The molecule has 0 spiro atoms. The fourth-order valence-electron chi connectivity index (χ4n) is 1.66. The van der Waals surface area contributed by atoms with Gasteiger partial charge in [-0.3, -0.25) is 4.79 Å². The SMILES string of the molecule is COc1ccccc1S(=O)(=O)CC(=O)C1CC1. The second-order valence-electron chi connectivity index (χ2n) is 4.15. The van der Waals surface area contributed by atoms with E-state index in [2.05, 4.69) is 0 Å². The Morgan fingerprint density at radius 1 is 1.35 bits per heavy atom. The molecule has 1 aromatic carbocycles. The maximum atomic E-state index is 12.1. The summed E-state index contributed by atoms with van der Waals surface area (Å²) in [5.74, 6) is -0.357. The van der Waals surface area contributed by atoms with Crippen molar-refractivity contribution in [3.63, 3.8) is 0 Å². The van der Waals surface area contributed by atoms with E-state index in [4.69, 9.17) is 4.74 Å². The summed E-state index contributed by atoms with van der Waals surface area (Å²) in [5, 5.41) is 0. The molecule has 0 saturated heterocycles. The smallest absolute Gasteiger partial charge is 0.189 e. The maximum Gasteiger partial charge on any atom is 0.189 e. The number of ether oxygens (including phenoxy) is 1. The van der Waals surface area contributed by atoms with Crippen LogP contribution in [-0.4, -0.2) is 27.1 Å². The van der Waals surface area contributed by atoms with Gasteiger partial charge in [-0.05, 0) is 25.0 Å². The highest BCUT2D eigenvalue weighted by atomic mass is 32.2.